The first-order valence-electron chi connectivity index (χ1n) is 7.80. The first kappa shape index (κ1) is 17.2. The van der Waals surface area contributed by atoms with Crippen LogP contribution in [0.4, 0.5) is 11.5 Å². The molecule has 0 atom stereocenters. The number of carbonyl (C=O) groups is 2. The molecule has 1 aromatic carbocycles. The molecule has 2 heterocycles. The van der Waals surface area contributed by atoms with Crippen LogP contribution in [-0.4, -0.2) is 26.6 Å². The molecule has 3 rings (SSSR count). The standard InChI is InChI=1S/C18H17N5O3/c1-4-14(24)19-12-7-5-11(6-8-12)17(25)20-16-15-13(21-22-16)9-10(2)23(3)18(15)26/h4-9H,1H2,2-3H3,(H,19,24)(H2,20,21,22,25). The quantitative estimate of drug-likeness (QED) is 0.624. The molecule has 3 aromatic rings. The van der Waals surface area contributed by atoms with Gasteiger partial charge in [0.05, 0.1) is 5.52 Å². The Bertz CT molecular complexity index is 1080. The lowest BCUT2D eigenvalue weighted by Crippen LogP contribution is -2.20. The Hall–Kier alpha value is -3.68. The van der Waals surface area contributed by atoms with Gasteiger partial charge in [-0.05, 0) is 43.3 Å². The molecule has 3 N–H and O–H groups in total. The molecule has 26 heavy (non-hydrogen) atoms. The van der Waals surface area contributed by atoms with Crippen molar-refractivity contribution in [2.45, 2.75) is 6.92 Å². The lowest BCUT2D eigenvalue weighted by molar-refractivity contribution is -0.111. The van der Waals surface area contributed by atoms with Crippen LogP contribution in [0.25, 0.3) is 10.9 Å². The third-order valence-corrected chi connectivity index (χ3v) is 4.03. The molecule has 0 saturated carbocycles. The van der Waals surface area contributed by atoms with Gasteiger partial charge in [0.2, 0.25) is 5.91 Å². The third kappa shape index (κ3) is 3.12. The van der Waals surface area contributed by atoms with Gasteiger partial charge < -0.3 is 15.2 Å². The highest BCUT2D eigenvalue weighted by atomic mass is 16.2. The summed E-state index contributed by atoms with van der Waals surface area (Å²) in [7, 11) is 1.66. The van der Waals surface area contributed by atoms with Crippen molar-refractivity contribution in [3.05, 3.63) is 64.6 Å². The highest BCUT2D eigenvalue weighted by Gasteiger charge is 2.15. The van der Waals surface area contributed by atoms with E-state index in [4.69, 9.17) is 0 Å². The summed E-state index contributed by atoms with van der Waals surface area (Å²) < 4.78 is 1.49. The number of amides is 2. The molecule has 0 saturated heterocycles. The van der Waals surface area contributed by atoms with E-state index in [1.165, 1.54) is 4.57 Å². The van der Waals surface area contributed by atoms with Gasteiger partial charge in [-0.1, -0.05) is 6.58 Å². The minimum absolute atomic E-state index is 0.176. The maximum atomic E-state index is 12.4. The first-order valence-corrected chi connectivity index (χ1v) is 7.80. The van der Waals surface area contributed by atoms with Gasteiger partial charge >= 0.3 is 0 Å². The molecule has 0 spiro atoms. The van der Waals surface area contributed by atoms with Gasteiger partial charge in [-0.25, -0.2) is 0 Å². The molecule has 0 aliphatic carbocycles. The summed E-state index contributed by atoms with van der Waals surface area (Å²) in [5.74, 6) is -0.575. The number of rotatable bonds is 4. The van der Waals surface area contributed by atoms with Gasteiger partial charge in [0.15, 0.2) is 5.82 Å². The summed E-state index contributed by atoms with van der Waals surface area (Å²) in [5, 5.41) is 12.3. The number of benzene rings is 1. The van der Waals surface area contributed by atoms with Gasteiger partial charge in [0.1, 0.15) is 5.39 Å². The van der Waals surface area contributed by atoms with Crippen LogP contribution in [0.1, 0.15) is 16.1 Å². The minimum atomic E-state index is -0.414. The highest BCUT2D eigenvalue weighted by Crippen LogP contribution is 2.18. The van der Waals surface area contributed by atoms with Crippen LogP contribution in [-0.2, 0) is 11.8 Å². The molecule has 2 amide bonds. The fraction of sp³-hybridized carbons (Fsp3) is 0.111. The zero-order chi connectivity index (χ0) is 18.8. The average molecular weight is 351 g/mol. The molecule has 0 aliphatic rings. The van der Waals surface area contributed by atoms with E-state index in [-0.39, 0.29) is 17.3 Å². The normalized spacial score (nSPS) is 10.5. The van der Waals surface area contributed by atoms with Crippen LogP contribution in [0.5, 0.6) is 0 Å². The van der Waals surface area contributed by atoms with Gasteiger partial charge in [-0.15, -0.1) is 0 Å². The largest absolute Gasteiger partial charge is 0.323 e. The van der Waals surface area contributed by atoms with Crippen LogP contribution < -0.4 is 16.2 Å². The van der Waals surface area contributed by atoms with E-state index in [2.05, 4.69) is 27.4 Å². The maximum Gasteiger partial charge on any atom is 0.263 e. The van der Waals surface area contributed by atoms with Crippen LogP contribution >= 0.6 is 0 Å². The number of H-pyrrole nitrogens is 1. The third-order valence-electron chi connectivity index (χ3n) is 4.03. The van der Waals surface area contributed by atoms with E-state index in [0.717, 1.165) is 11.8 Å². The zero-order valence-corrected chi connectivity index (χ0v) is 14.3. The van der Waals surface area contributed by atoms with Crippen molar-refractivity contribution in [1.29, 1.82) is 0 Å². The summed E-state index contributed by atoms with van der Waals surface area (Å²) in [6.45, 7) is 5.19. The predicted molar refractivity (Wildman–Crippen MR) is 99.3 cm³/mol. The smallest absolute Gasteiger partial charge is 0.263 e. The monoisotopic (exact) mass is 351 g/mol. The number of aromatic amines is 1. The molecule has 0 bridgehead atoms. The van der Waals surface area contributed by atoms with Crippen molar-refractivity contribution in [2.75, 3.05) is 10.6 Å². The fourth-order valence-electron chi connectivity index (χ4n) is 2.48. The number of hydrogen-bond donors (Lipinski definition) is 3. The van der Waals surface area contributed by atoms with Crippen LogP contribution in [0.15, 0.2) is 47.8 Å². The van der Waals surface area contributed by atoms with Crippen molar-refractivity contribution >= 4 is 34.2 Å². The second-order valence-electron chi connectivity index (χ2n) is 5.74. The van der Waals surface area contributed by atoms with Crippen LogP contribution in [0.2, 0.25) is 0 Å². The lowest BCUT2D eigenvalue weighted by atomic mass is 10.2. The van der Waals surface area contributed by atoms with Crippen molar-refractivity contribution in [2.24, 2.45) is 7.05 Å². The molecule has 0 unspecified atom stereocenters. The van der Waals surface area contributed by atoms with E-state index in [0.29, 0.717) is 22.2 Å². The minimum Gasteiger partial charge on any atom is -0.323 e. The molecular formula is C18H17N5O3. The fourth-order valence-corrected chi connectivity index (χ4v) is 2.48. The van der Waals surface area contributed by atoms with E-state index in [1.807, 2.05) is 6.92 Å². The Morgan fingerprint density at radius 3 is 2.58 bits per heavy atom. The number of pyridine rings is 1. The van der Waals surface area contributed by atoms with Gasteiger partial charge in [-0.2, -0.15) is 5.10 Å². The average Bonchev–Trinajstić information content (AvgIpc) is 3.02. The summed E-state index contributed by atoms with van der Waals surface area (Å²) in [6.07, 6.45) is 1.16. The number of aromatic nitrogens is 3. The number of anilines is 2. The molecule has 0 fully saturated rings. The van der Waals surface area contributed by atoms with Crippen molar-refractivity contribution in [1.82, 2.24) is 14.8 Å². The molecule has 8 heteroatoms. The number of carbonyl (C=O) groups excluding carboxylic acids is 2. The van der Waals surface area contributed by atoms with E-state index in [9.17, 15) is 14.4 Å². The Morgan fingerprint density at radius 1 is 1.23 bits per heavy atom. The van der Waals surface area contributed by atoms with Gasteiger partial charge in [-0.3, -0.25) is 19.5 Å². The number of hydrogen-bond acceptors (Lipinski definition) is 4. The van der Waals surface area contributed by atoms with E-state index in [1.54, 1.807) is 37.4 Å². The SMILES string of the molecule is C=CC(=O)Nc1ccc(C(=O)Nc2n[nH]c3cc(C)n(C)c(=O)c23)cc1. The van der Waals surface area contributed by atoms with Crippen molar-refractivity contribution < 1.29 is 9.59 Å². The molecule has 0 aliphatic heterocycles. The molecule has 0 radical (unpaired) electrons. The second-order valence-corrected chi connectivity index (χ2v) is 5.74. The highest BCUT2D eigenvalue weighted by molar-refractivity contribution is 6.08. The Morgan fingerprint density at radius 2 is 1.92 bits per heavy atom. The molecular weight excluding hydrogens is 334 g/mol. The van der Waals surface area contributed by atoms with Crippen LogP contribution in [0.3, 0.4) is 0 Å². The Balaban J connectivity index is 1.85. The predicted octanol–water partition coefficient (Wildman–Crippen LogP) is 1.95. The zero-order valence-electron chi connectivity index (χ0n) is 14.3. The summed E-state index contributed by atoms with van der Waals surface area (Å²) >= 11 is 0. The Labute approximate surface area is 148 Å². The van der Waals surface area contributed by atoms with Gasteiger partial charge in [0, 0.05) is 24.0 Å². The van der Waals surface area contributed by atoms with Crippen molar-refractivity contribution in [3.63, 3.8) is 0 Å². The Kier molecular flexibility index (Phi) is 4.40. The summed E-state index contributed by atoms with van der Waals surface area (Å²) in [4.78, 5) is 36.1. The summed E-state index contributed by atoms with van der Waals surface area (Å²) in [6, 6.07) is 8.11. The van der Waals surface area contributed by atoms with Crippen molar-refractivity contribution in [3.8, 4) is 0 Å². The van der Waals surface area contributed by atoms with Gasteiger partial charge in [0.25, 0.3) is 11.5 Å². The maximum absolute atomic E-state index is 12.4. The number of nitrogens with zero attached hydrogens (tertiary/aromatic N) is 2. The number of fused-ring (bicyclic) bond motifs is 1. The molecule has 2 aromatic heterocycles. The number of nitrogens with one attached hydrogen (secondary N) is 3. The first-order chi connectivity index (χ1) is 12.4. The van der Waals surface area contributed by atoms with E-state index >= 15 is 0 Å². The molecule has 8 nitrogen and oxygen atoms in total. The van der Waals surface area contributed by atoms with Crippen LogP contribution in [0, 0.1) is 6.92 Å². The number of aryl methyl sites for hydroxylation is 1. The summed E-state index contributed by atoms with van der Waals surface area (Å²) in [5.41, 5.74) is 2.00. The lowest BCUT2D eigenvalue weighted by Gasteiger charge is -2.06. The molecule has 132 valence electrons. The topological polar surface area (TPSA) is 109 Å². The van der Waals surface area contributed by atoms with E-state index < -0.39 is 5.91 Å². The second kappa shape index (κ2) is 6.67.